The van der Waals surface area contributed by atoms with Gasteiger partial charge in [0.25, 0.3) is 0 Å². The third kappa shape index (κ3) is 6.51. The van der Waals surface area contributed by atoms with E-state index in [2.05, 4.69) is 15.6 Å². The van der Waals surface area contributed by atoms with Crippen LogP contribution in [0.25, 0.3) is 10.9 Å². The number of benzene rings is 3. The molecule has 4 aromatic rings. The Morgan fingerprint density at radius 1 is 1.05 bits per heavy atom. The first kappa shape index (κ1) is 30.1. The predicted octanol–water partition coefficient (Wildman–Crippen LogP) is 6.77. The number of ether oxygens (including phenoxy) is 2. The number of carbonyl (C=O) groups is 1. The summed E-state index contributed by atoms with van der Waals surface area (Å²) in [4.78, 5) is 19.0. The molecule has 0 spiro atoms. The molecule has 0 saturated heterocycles. The molecule has 11 heteroatoms. The molecule has 1 aliphatic heterocycles. The van der Waals surface area contributed by atoms with Crippen molar-refractivity contribution in [2.24, 2.45) is 0 Å². The Balaban J connectivity index is 1.43. The van der Waals surface area contributed by atoms with E-state index < -0.39 is 30.0 Å². The van der Waals surface area contributed by atoms with Gasteiger partial charge in [0.05, 0.1) is 37.4 Å². The monoisotopic (exact) mass is 596 g/mol. The molecule has 5 rings (SSSR count). The van der Waals surface area contributed by atoms with Crippen molar-refractivity contribution >= 4 is 22.6 Å². The number of para-hydroxylation sites is 1. The van der Waals surface area contributed by atoms with Crippen LogP contribution in [0, 0.1) is 12.7 Å². The van der Waals surface area contributed by atoms with Gasteiger partial charge >= 0.3 is 12.2 Å². The van der Waals surface area contributed by atoms with Crippen LogP contribution < -0.4 is 20.1 Å². The Labute approximate surface area is 246 Å². The first-order valence-corrected chi connectivity index (χ1v) is 13.8. The number of urea groups is 1. The molecule has 3 aromatic carbocycles. The third-order valence-corrected chi connectivity index (χ3v) is 7.68. The van der Waals surface area contributed by atoms with Crippen LogP contribution in [0.2, 0.25) is 0 Å². The number of hydrogen-bond donors (Lipinski definition) is 2. The number of pyridine rings is 1. The fraction of sp³-hybridized carbons (Fsp3) is 0.312. The van der Waals surface area contributed by atoms with Crippen molar-refractivity contribution in [2.75, 3.05) is 39.2 Å². The number of hydrogen-bond acceptors (Lipinski definition) is 5. The summed E-state index contributed by atoms with van der Waals surface area (Å²) in [5.41, 5.74) is 2.96. The van der Waals surface area contributed by atoms with Gasteiger partial charge in [-0.25, -0.2) is 9.18 Å². The largest absolute Gasteiger partial charge is 0.493 e. The van der Waals surface area contributed by atoms with Crippen LogP contribution in [-0.4, -0.2) is 55.9 Å². The second kappa shape index (κ2) is 12.5. The topological polar surface area (TPSA) is 75.7 Å². The highest BCUT2D eigenvalue weighted by Gasteiger charge is 2.50. The number of nitrogens with zero attached hydrogens (tertiary/aromatic N) is 2. The van der Waals surface area contributed by atoms with Crippen LogP contribution in [0.4, 0.5) is 28.0 Å². The van der Waals surface area contributed by atoms with Crippen LogP contribution in [-0.2, 0) is 6.42 Å². The summed E-state index contributed by atoms with van der Waals surface area (Å²) < 4.78 is 69.7. The first-order chi connectivity index (χ1) is 20.6. The van der Waals surface area contributed by atoms with Crippen LogP contribution in [0.15, 0.2) is 66.7 Å². The Morgan fingerprint density at radius 2 is 1.79 bits per heavy atom. The molecule has 1 unspecified atom stereocenters. The van der Waals surface area contributed by atoms with E-state index in [1.54, 1.807) is 23.1 Å². The summed E-state index contributed by atoms with van der Waals surface area (Å²) in [7, 11) is 2.89. The maximum absolute atomic E-state index is 14.9. The standard InChI is InChI=1S/C32H32F4N4O3/c1-19-15-26(23-9-4-5-10-25(23)38-19)39-31(41)37-12-14-40-13-11-20-17-27(42-2)28(43-3)18-24(20)30(40)29(32(34,35)36)21-7-6-8-22(33)16-21/h4-10,15-18,29-30H,11-14H2,1-3H3,(H2,37,38,39,41)/t29?,30-/m1/s1. The van der Waals surface area contributed by atoms with E-state index in [0.29, 0.717) is 34.7 Å². The highest BCUT2D eigenvalue weighted by Crippen LogP contribution is 2.50. The van der Waals surface area contributed by atoms with Crippen molar-refractivity contribution in [1.82, 2.24) is 15.2 Å². The fourth-order valence-corrected chi connectivity index (χ4v) is 5.81. The molecule has 0 bridgehead atoms. The van der Waals surface area contributed by atoms with Gasteiger partial charge in [-0.3, -0.25) is 9.88 Å². The highest BCUT2D eigenvalue weighted by molar-refractivity contribution is 6.00. The first-order valence-electron chi connectivity index (χ1n) is 13.8. The van der Waals surface area contributed by atoms with Crippen LogP contribution in [0.5, 0.6) is 11.5 Å². The lowest BCUT2D eigenvalue weighted by Crippen LogP contribution is -2.46. The lowest BCUT2D eigenvalue weighted by atomic mass is 9.80. The van der Waals surface area contributed by atoms with E-state index in [0.717, 1.165) is 28.7 Å². The van der Waals surface area contributed by atoms with Crippen LogP contribution in [0.1, 0.15) is 34.3 Å². The van der Waals surface area contributed by atoms with Gasteiger partial charge in [0, 0.05) is 30.7 Å². The van der Waals surface area contributed by atoms with Crippen LogP contribution >= 0.6 is 0 Å². The van der Waals surface area contributed by atoms with E-state index >= 15 is 0 Å². The molecule has 2 atom stereocenters. The molecule has 2 N–H and O–H groups in total. The van der Waals surface area contributed by atoms with Crippen molar-refractivity contribution in [1.29, 1.82) is 0 Å². The number of fused-ring (bicyclic) bond motifs is 2. The van der Waals surface area contributed by atoms with Gasteiger partial charge in [-0.2, -0.15) is 13.2 Å². The molecule has 226 valence electrons. The molecule has 2 amide bonds. The zero-order valence-electron chi connectivity index (χ0n) is 24.0. The molecule has 1 aromatic heterocycles. The lowest BCUT2D eigenvalue weighted by Gasteiger charge is -2.42. The van der Waals surface area contributed by atoms with Gasteiger partial charge in [-0.05, 0) is 66.4 Å². The van der Waals surface area contributed by atoms with Gasteiger partial charge in [-0.15, -0.1) is 0 Å². The number of anilines is 1. The number of aromatic nitrogens is 1. The number of alkyl halides is 3. The van der Waals surface area contributed by atoms with Crippen molar-refractivity contribution in [3.05, 3.63) is 94.9 Å². The molecule has 2 heterocycles. The number of nitrogens with one attached hydrogen (secondary N) is 2. The average Bonchev–Trinajstić information content (AvgIpc) is 2.96. The van der Waals surface area contributed by atoms with Crippen molar-refractivity contribution < 1.29 is 31.8 Å². The molecule has 1 aliphatic rings. The molecule has 0 radical (unpaired) electrons. The molecular formula is C32H32F4N4O3. The number of amides is 2. The van der Waals surface area contributed by atoms with Gasteiger partial charge in [-0.1, -0.05) is 30.3 Å². The minimum atomic E-state index is -4.70. The molecule has 0 aliphatic carbocycles. The van der Waals surface area contributed by atoms with E-state index in [1.807, 2.05) is 31.2 Å². The van der Waals surface area contributed by atoms with Gasteiger partial charge in [0.15, 0.2) is 11.5 Å². The Kier molecular flexibility index (Phi) is 8.72. The molecule has 43 heavy (non-hydrogen) atoms. The highest BCUT2D eigenvalue weighted by atomic mass is 19.4. The van der Waals surface area contributed by atoms with Gasteiger partial charge in [0.2, 0.25) is 0 Å². The van der Waals surface area contributed by atoms with Gasteiger partial charge < -0.3 is 20.1 Å². The summed E-state index contributed by atoms with van der Waals surface area (Å²) in [5.74, 6) is -2.08. The molecule has 0 fully saturated rings. The minimum Gasteiger partial charge on any atom is -0.493 e. The zero-order chi connectivity index (χ0) is 30.7. The van der Waals surface area contributed by atoms with E-state index in [1.165, 1.54) is 26.4 Å². The summed E-state index contributed by atoms with van der Waals surface area (Å²) in [6.45, 7) is 2.29. The Morgan fingerprint density at radius 3 is 2.51 bits per heavy atom. The number of aryl methyl sites for hydroxylation is 1. The average molecular weight is 597 g/mol. The maximum atomic E-state index is 14.9. The number of carbonyl (C=O) groups excluding carboxylic acids is 1. The number of methoxy groups -OCH3 is 2. The Hall–Kier alpha value is -4.38. The summed E-state index contributed by atoms with van der Waals surface area (Å²) >= 11 is 0. The lowest BCUT2D eigenvalue weighted by molar-refractivity contribution is -0.167. The van der Waals surface area contributed by atoms with Crippen LogP contribution in [0.3, 0.4) is 0 Å². The zero-order valence-corrected chi connectivity index (χ0v) is 24.0. The van der Waals surface area contributed by atoms with Crippen molar-refractivity contribution in [3.8, 4) is 11.5 Å². The number of rotatable bonds is 8. The third-order valence-electron chi connectivity index (χ3n) is 7.68. The maximum Gasteiger partial charge on any atom is 0.397 e. The fourth-order valence-electron chi connectivity index (χ4n) is 5.81. The molecule has 7 nitrogen and oxygen atoms in total. The summed E-state index contributed by atoms with van der Waals surface area (Å²) in [6, 6.07) is 15.3. The van der Waals surface area contributed by atoms with E-state index in [4.69, 9.17) is 9.47 Å². The molecular weight excluding hydrogens is 564 g/mol. The SMILES string of the molecule is COc1cc2c(cc1OC)[C@H](C(c1cccc(F)c1)C(F)(F)F)N(CCNC(=O)Nc1cc(C)nc3ccccc13)CC2. The van der Waals surface area contributed by atoms with Crippen molar-refractivity contribution in [3.63, 3.8) is 0 Å². The Bertz CT molecular complexity index is 1630. The minimum absolute atomic E-state index is 0.0701. The molecule has 0 saturated carbocycles. The van der Waals surface area contributed by atoms with Crippen molar-refractivity contribution in [2.45, 2.75) is 31.5 Å². The smallest absolute Gasteiger partial charge is 0.397 e. The van der Waals surface area contributed by atoms with E-state index in [9.17, 15) is 22.4 Å². The second-order valence-corrected chi connectivity index (χ2v) is 10.4. The number of halogens is 4. The summed E-state index contributed by atoms with van der Waals surface area (Å²) in [6.07, 6.45) is -4.25. The normalized spacial score (nSPS) is 15.9. The van der Waals surface area contributed by atoms with Gasteiger partial charge in [0.1, 0.15) is 5.82 Å². The predicted molar refractivity (Wildman–Crippen MR) is 156 cm³/mol. The summed E-state index contributed by atoms with van der Waals surface area (Å²) in [5, 5.41) is 6.38. The second-order valence-electron chi connectivity index (χ2n) is 10.4. The quantitative estimate of drug-likeness (QED) is 0.220. The van der Waals surface area contributed by atoms with E-state index in [-0.39, 0.29) is 25.2 Å².